The minimum atomic E-state index is -0.912. The van der Waals surface area contributed by atoms with Gasteiger partial charge in [-0.15, -0.1) is 0 Å². The fourth-order valence-corrected chi connectivity index (χ4v) is 4.80. The van der Waals surface area contributed by atoms with Crippen molar-refractivity contribution in [3.8, 4) is 0 Å². The second kappa shape index (κ2) is 11.7. The fraction of sp³-hybridized carbons (Fsp3) is 0.400. The van der Waals surface area contributed by atoms with Crippen molar-refractivity contribution in [2.75, 3.05) is 13.1 Å². The molecule has 2 N–H and O–H groups in total. The number of nitrogens with zero attached hydrogens (tertiary/aromatic N) is 2. The van der Waals surface area contributed by atoms with Gasteiger partial charge in [-0.1, -0.05) is 42.5 Å². The van der Waals surface area contributed by atoms with Crippen LogP contribution in [-0.4, -0.2) is 58.4 Å². The number of hydrogen-bond donors (Lipinski definition) is 1. The zero-order valence-corrected chi connectivity index (χ0v) is 22.6. The predicted octanol–water partition coefficient (Wildman–Crippen LogP) is 4.04. The minimum Gasteiger partial charge on any atom is -0.460 e. The fourth-order valence-electron chi connectivity index (χ4n) is 4.80. The largest absolute Gasteiger partial charge is 0.460 e. The number of hydrogen-bond acceptors (Lipinski definition) is 6. The van der Waals surface area contributed by atoms with Gasteiger partial charge in [-0.25, -0.2) is 4.79 Å². The van der Waals surface area contributed by atoms with E-state index in [0.717, 1.165) is 22.3 Å². The van der Waals surface area contributed by atoms with Gasteiger partial charge in [-0.05, 0) is 68.0 Å². The summed E-state index contributed by atoms with van der Waals surface area (Å²) in [6.07, 6.45) is 2.37. The van der Waals surface area contributed by atoms with E-state index in [1.165, 1.54) is 4.90 Å². The summed E-state index contributed by atoms with van der Waals surface area (Å²) in [5, 5.41) is 0. The third-order valence-corrected chi connectivity index (χ3v) is 6.73. The highest BCUT2D eigenvalue weighted by Crippen LogP contribution is 2.31. The Morgan fingerprint density at radius 3 is 2.46 bits per heavy atom. The topological polar surface area (TPSA) is 119 Å². The van der Waals surface area contributed by atoms with Gasteiger partial charge in [0.15, 0.2) is 0 Å². The van der Waals surface area contributed by atoms with E-state index in [0.29, 0.717) is 25.1 Å². The number of fused-ring (bicyclic) bond motifs is 1. The smallest absolute Gasteiger partial charge is 0.410 e. The number of carbonyl (C=O) groups excluding carboxylic acids is 4. The first kappa shape index (κ1) is 27.9. The summed E-state index contributed by atoms with van der Waals surface area (Å²) in [4.78, 5) is 53.1. The predicted molar refractivity (Wildman–Crippen MR) is 145 cm³/mol. The summed E-state index contributed by atoms with van der Waals surface area (Å²) < 4.78 is 10.8. The van der Waals surface area contributed by atoms with Crippen LogP contribution >= 0.6 is 0 Å². The summed E-state index contributed by atoms with van der Waals surface area (Å²) in [6, 6.07) is 14.2. The SMILES string of the molecule is CC(C)(C)OC(=O)CC[C@@H](C(N)=O)N1Cc2cc(C3=CCN(C(=O)OCc4ccccc4)CC3)ccc2C1=O. The van der Waals surface area contributed by atoms with E-state index in [2.05, 4.69) is 0 Å². The highest BCUT2D eigenvalue weighted by Gasteiger charge is 2.36. The number of benzene rings is 2. The average Bonchev–Trinajstić information content (AvgIpc) is 3.22. The molecule has 0 saturated carbocycles. The van der Waals surface area contributed by atoms with Crippen molar-refractivity contribution < 1.29 is 28.7 Å². The summed E-state index contributed by atoms with van der Waals surface area (Å²) in [5.41, 5.74) is 9.28. The molecule has 2 aromatic carbocycles. The molecule has 3 amide bonds. The van der Waals surface area contributed by atoms with Crippen LogP contribution in [0.2, 0.25) is 0 Å². The lowest BCUT2D eigenvalue weighted by atomic mass is 9.96. The van der Waals surface area contributed by atoms with Crippen molar-refractivity contribution in [2.45, 2.75) is 64.8 Å². The molecule has 0 radical (unpaired) electrons. The lowest BCUT2D eigenvalue weighted by molar-refractivity contribution is -0.155. The Labute approximate surface area is 228 Å². The highest BCUT2D eigenvalue weighted by molar-refractivity contribution is 6.01. The molecule has 4 rings (SSSR count). The molecule has 1 atom stereocenters. The quantitative estimate of drug-likeness (QED) is 0.512. The summed E-state index contributed by atoms with van der Waals surface area (Å²) in [6.45, 7) is 6.72. The standard InChI is InChI=1S/C30H35N3O6/c1-30(2,3)39-26(34)12-11-25(27(31)35)33-18-23-17-22(9-10-24(23)28(33)36)21-13-15-32(16-14-21)29(37)38-19-20-7-5-4-6-8-20/h4-10,13,17,25H,11-12,14-16,18-19H2,1-3H3,(H2,31,35)/t25-/m0/s1. The van der Waals surface area contributed by atoms with E-state index in [9.17, 15) is 19.2 Å². The number of ether oxygens (including phenoxy) is 2. The van der Waals surface area contributed by atoms with Crippen molar-refractivity contribution >= 4 is 29.5 Å². The molecule has 0 fully saturated rings. The summed E-state index contributed by atoms with van der Waals surface area (Å²) >= 11 is 0. The van der Waals surface area contributed by atoms with E-state index < -0.39 is 23.5 Å². The highest BCUT2D eigenvalue weighted by atomic mass is 16.6. The van der Waals surface area contributed by atoms with Gasteiger partial charge >= 0.3 is 12.1 Å². The molecule has 0 unspecified atom stereocenters. The van der Waals surface area contributed by atoms with E-state index in [1.54, 1.807) is 31.7 Å². The van der Waals surface area contributed by atoms with Gasteiger partial charge in [0, 0.05) is 31.6 Å². The zero-order valence-electron chi connectivity index (χ0n) is 22.6. The molecule has 0 bridgehead atoms. The third kappa shape index (κ3) is 7.04. The van der Waals surface area contributed by atoms with E-state index in [4.69, 9.17) is 15.2 Å². The van der Waals surface area contributed by atoms with Gasteiger partial charge in [-0.2, -0.15) is 0 Å². The normalized spacial score (nSPS) is 15.9. The Morgan fingerprint density at radius 2 is 1.82 bits per heavy atom. The average molecular weight is 534 g/mol. The number of esters is 1. The molecule has 0 spiro atoms. The Morgan fingerprint density at radius 1 is 1.08 bits per heavy atom. The Hall–Kier alpha value is -4.14. The van der Waals surface area contributed by atoms with Gasteiger partial charge in [0.1, 0.15) is 18.2 Å². The number of amides is 3. The lowest BCUT2D eigenvalue weighted by Gasteiger charge is -2.26. The molecule has 2 heterocycles. The van der Waals surface area contributed by atoms with Crippen molar-refractivity contribution in [3.05, 3.63) is 76.9 Å². The zero-order chi connectivity index (χ0) is 28.2. The van der Waals surface area contributed by atoms with Crippen molar-refractivity contribution in [1.82, 2.24) is 9.80 Å². The van der Waals surface area contributed by atoms with Crippen LogP contribution in [-0.2, 0) is 32.2 Å². The van der Waals surface area contributed by atoms with Crippen LogP contribution in [0.25, 0.3) is 5.57 Å². The van der Waals surface area contributed by atoms with E-state index in [1.807, 2.05) is 48.5 Å². The number of nitrogens with two attached hydrogens (primary N) is 1. The Bertz CT molecular complexity index is 1280. The van der Waals surface area contributed by atoms with E-state index in [-0.39, 0.29) is 38.0 Å². The molecule has 0 aliphatic carbocycles. The van der Waals surface area contributed by atoms with Crippen molar-refractivity contribution in [1.29, 1.82) is 0 Å². The van der Waals surface area contributed by atoms with Crippen LogP contribution in [0.5, 0.6) is 0 Å². The van der Waals surface area contributed by atoms with E-state index >= 15 is 0 Å². The monoisotopic (exact) mass is 533 g/mol. The molecule has 2 aliphatic rings. The molecule has 2 aromatic rings. The van der Waals surface area contributed by atoms with Crippen LogP contribution < -0.4 is 5.73 Å². The number of primary amides is 1. The molecule has 9 heteroatoms. The molecule has 9 nitrogen and oxygen atoms in total. The first-order chi connectivity index (χ1) is 18.5. The molecule has 206 valence electrons. The molecular formula is C30H35N3O6. The molecular weight excluding hydrogens is 498 g/mol. The first-order valence-electron chi connectivity index (χ1n) is 13.1. The first-order valence-corrected chi connectivity index (χ1v) is 13.1. The molecule has 0 aromatic heterocycles. The maximum absolute atomic E-state index is 13.1. The third-order valence-electron chi connectivity index (χ3n) is 6.73. The second-order valence-electron chi connectivity index (χ2n) is 10.8. The number of carbonyl (C=O) groups is 4. The van der Waals surface area contributed by atoms with Gasteiger partial charge in [0.05, 0.1) is 0 Å². The van der Waals surface area contributed by atoms with Gasteiger partial charge in [-0.3, -0.25) is 14.4 Å². The molecule has 0 saturated heterocycles. The van der Waals surface area contributed by atoms with Crippen molar-refractivity contribution in [3.63, 3.8) is 0 Å². The van der Waals surface area contributed by atoms with Crippen LogP contribution in [0.4, 0.5) is 4.79 Å². The van der Waals surface area contributed by atoms with Crippen LogP contribution in [0, 0.1) is 0 Å². The maximum Gasteiger partial charge on any atom is 0.410 e. The number of rotatable bonds is 8. The lowest BCUT2D eigenvalue weighted by Crippen LogP contribution is -2.45. The summed E-state index contributed by atoms with van der Waals surface area (Å²) in [7, 11) is 0. The molecule has 2 aliphatic heterocycles. The van der Waals surface area contributed by atoms with Crippen LogP contribution in [0.3, 0.4) is 0 Å². The minimum absolute atomic E-state index is 0.0204. The Balaban J connectivity index is 1.37. The van der Waals surface area contributed by atoms with Crippen LogP contribution in [0.1, 0.15) is 67.1 Å². The second-order valence-corrected chi connectivity index (χ2v) is 10.8. The van der Waals surface area contributed by atoms with Gasteiger partial charge in [0.2, 0.25) is 5.91 Å². The Kier molecular flexibility index (Phi) is 8.38. The van der Waals surface area contributed by atoms with Gasteiger partial charge < -0.3 is 25.0 Å². The van der Waals surface area contributed by atoms with Crippen molar-refractivity contribution in [2.24, 2.45) is 5.73 Å². The van der Waals surface area contributed by atoms with Gasteiger partial charge in [0.25, 0.3) is 5.91 Å². The van der Waals surface area contributed by atoms with Crippen LogP contribution in [0.15, 0.2) is 54.6 Å². The maximum atomic E-state index is 13.1. The summed E-state index contributed by atoms with van der Waals surface area (Å²) in [5.74, 6) is -1.38. The molecule has 39 heavy (non-hydrogen) atoms.